The quantitative estimate of drug-likeness (QED) is 0.541. The van der Waals surface area contributed by atoms with Gasteiger partial charge in [0.25, 0.3) is 0 Å². The predicted molar refractivity (Wildman–Crippen MR) is 119 cm³/mol. The Bertz CT molecular complexity index is 972. The Hall–Kier alpha value is -1.94. The maximum atomic E-state index is 6.42. The van der Waals surface area contributed by atoms with E-state index in [0.717, 1.165) is 38.4 Å². The van der Waals surface area contributed by atoms with E-state index in [1.54, 1.807) is 6.07 Å². The first kappa shape index (κ1) is 19.4. The average molecular weight is 414 g/mol. The molecule has 0 bridgehead atoms. The monoisotopic (exact) mass is 413 g/mol. The van der Waals surface area contributed by atoms with Crippen molar-refractivity contribution in [3.63, 3.8) is 0 Å². The summed E-state index contributed by atoms with van der Waals surface area (Å²) < 4.78 is 2.16. The van der Waals surface area contributed by atoms with Gasteiger partial charge in [-0.2, -0.15) is 0 Å². The number of anilines is 1. The summed E-state index contributed by atoms with van der Waals surface area (Å²) in [4.78, 5) is 5.02. The highest BCUT2D eigenvalue weighted by molar-refractivity contribution is 6.35. The first-order valence-corrected chi connectivity index (χ1v) is 10.4. The normalized spacial score (nSPS) is 15.2. The molecule has 1 saturated heterocycles. The number of nitrogens with zero attached hydrogens (tertiary/aromatic N) is 3. The van der Waals surface area contributed by atoms with E-state index in [1.807, 2.05) is 12.1 Å². The summed E-state index contributed by atoms with van der Waals surface area (Å²) in [7, 11) is 0. The van der Waals surface area contributed by atoms with Crippen molar-refractivity contribution in [3.8, 4) is 5.69 Å². The van der Waals surface area contributed by atoms with Crippen molar-refractivity contribution in [2.24, 2.45) is 0 Å². The molecule has 0 N–H and O–H groups in total. The Labute approximate surface area is 177 Å². The van der Waals surface area contributed by atoms with Gasteiger partial charge in [0, 0.05) is 55.3 Å². The van der Waals surface area contributed by atoms with E-state index in [0.29, 0.717) is 10.0 Å². The molecular weight excluding hydrogens is 389 g/mol. The Kier molecular flexibility index (Phi) is 5.68. The summed E-state index contributed by atoms with van der Waals surface area (Å²) in [5.74, 6) is 0. The van der Waals surface area contributed by atoms with Crippen LogP contribution in [0.5, 0.6) is 0 Å². The second kappa shape index (κ2) is 8.20. The molecule has 146 valence electrons. The van der Waals surface area contributed by atoms with E-state index >= 15 is 0 Å². The Morgan fingerprint density at radius 3 is 2.39 bits per heavy atom. The van der Waals surface area contributed by atoms with Crippen molar-refractivity contribution in [2.75, 3.05) is 31.1 Å². The van der Waals surface area contributed by atoms with Crippen LogP contribution in [0.1, 0.15) is 16.8 Å². The predicted octanol–water partition coefficient (Wildman–Crippen LogP) is 5.72. The fourth-order valence-electron chi connectivity index (χ4n) is 3.91. The van der Waals surface area contributed by atoms with Crippen LogP contribution >= 0.6 is 23.2 Å². The van der Waals surface area contributed by atoms with Crippen LogP contribution in [0.2, 0.25) is 10.0 Å². The van der Waals surface area contributed by atoms with Gasteiger partial charge in [-0.25, -0.2) is 0 Å². The molecule has 0 aliphatic carbocycles. The lowest BCUT2D eigenvalue weighted by Crippen LogP contribution is -2.46. The van der Waals surface area contributed by atoms with Crippen molar-refractivity contribution < 1.29 is 0 Å². The van der Waals surface area contributed by atoms with E-state index in [2.05, 4.69) is 64.7 Å². The van der Waals surface area contributed by atoms with Crippen LogP contribution in [0.15, 0.2) is 54.7 Å². The van der Waals surface area contributed by atoms with Crippen molar-refractivity contribution in [1.82, 2.24) is 9.47 Å². The molecule has 0 spiro atoms. The standard InChI is InChI=1S/C23H25Cl2N3/c1-17-5-3-7-22(18(17)2)27-13-11-26(12-14-27)16-20-6-4-10-28(20)23-9-8-19(24)15-21(23)25/h3-10,15H,11-14,16H2,1-2H3. The van der Waals surface area contributed by atoms with Crippen molar-refractivity contribution in [1.29, 1.82) is 0 Å². The number of hydrogen-bond donors (Lipinski definition) is 0. The summed E-state index contributed by atoms with van der Waals surface area (Å²) in [6.45, 7) is 9.51. The summed E-state index contributed by atoms with van der Waals surface area (Å²) >= 11 is 12.5. The van der Waals surface area contributed by atoms with E-state index in [9.17, 15) is 0 Å². The Morgan fingerprint density at radius 1 is 0.857 bits per heavy atom. The van der Waals surface area contributed by atoms with E-state index < -0.39 is 0 Å². The second-order valence-corrected chi connectivity index (χ2v) is 8.29. The van der Waals surface area contributed by atoms with Gasteiger partial charge in [0.05, 0.1) is 10.7 Å². The summed E-state index contributed by atoms with van der Waals surface area (Å²) in [5, 5.41) is 1.33. The van der Waals surface area contributed by atoms with Gasteiger partial charge >= 0.3 is 0 Å². The number of rotatable bonds is 4. The molecule has 0 unspecified atom stereocenters. The molecule has 3 aromatic rings. The highest BCUT2D eigenvalue weighted by Gasteiger charge is 2.20. The molecule has 0 atom stereocenters. The van der Waals surface area contributed by atoms with Crippen molar-refractivity contribution >= 4 is 28.9 Å². The third-order valence-electron chi connectivity index (χ3n) is 5.68. The van der Waals surface area contributed by atoms with Gasteiger partial charge in [-0.15, -0.1) is 0 Å². The molecule has 4 rings (SSSR count). The van der Waals surface area contributed by atoms with Crippen LogP contribution in [0.25, 0.3) is 5.69 Å². The zero-order chi connectivity index (χ0) is 19.7. The fraction of sp³-hybridized carbons (Fsp3) is 0.304. The number of aryl methyl sites for hydroxylation is 1. The maximum absolute atomic E-state index is 6.42. The zero-order valence-corrected chi connectivity index (χ0v) is 17.8. The second-order valence-electron chi connectivity index (χ2n) is 7.45. The minimum Gasteiger partial charge on any atom is -0.369 e. The lowest BCUT2D eigenvalue weighted by molar-refractivity contribution is 0.246. The van der Waals surface area contributed by atoms with Gasteiger partial charge in [-0.1, -0.05) is 35.3 Å². The highest BCUT2D eigenvalue weighted by Crippen LogP contribution is 2.27. The molecule has 5 heteroatoms. The molecule has 1 aromatic heterocycles. The number of piperazine rings is 1. The minimum atomic E-state index is 0.657. The number of halogens is 2. The van der Waals surface area contributed by atoms with E-state index in [4.69, 9.17) is 23.2 Å². The maximum Gasteiger partial charge on any atom is 0.0661 e. The van der Waals surface area contributed by atoms with Gasteiger partial charge in [0.15, 0.2) is 0 Å². The van der Waals surface area contributed by atoms with Crippen LogP contribution in [-0.4, -0.2) is 35.6 Å². The molecule has 2 heterocycles. The molecule has 28 heavy (non-hydrogen) atoms. The molecule has 0 amide bonds. The molecule has 1 aliphatic rings. The van der Waals surface area contributed by atoms with Gasteiger partial charge in [-0.3, -0.25) is 4.90 Å². The smallest absolute Gasteiger partial charge is 0.0661 e. The van der Waals surface area contributed by atoms with Gasteiger partial charge in [0.2, 0.25) is 0 Å². The van der Waals surface area contributed by atoms with Crippen LogP contribution in [-0.2, 0) is 6.54 Å². The molecule has 0 saturated carbocycles. The summed E-state index contributed by atoms with van der Waals surface area (Å²) in [6.07, 6.45) is 2.07. The summed E-state index contributed by atoms with van der Waals surface area (Å²) in [6, 6.07) is 16.5. The van der Waals surface area contributed by atoms with E-state index in [1.165, 1.54) is 22.5 Å². The first-order valence-electron chi connectivity index (χ1n) is 9.68. The highest BCUT2D eigenvalue weighted by atomic mass is 35.5. The molecule has 1 fully saturated rings. The van der Waals surface area contributed by atoms with Crippen molar-refractivity contribution in [2.45, 2.75) is 20.4 Å². The van der Waals surface area contributed by atoms with Gasteiger partial charge in [-0.05, 0) is 61.4 Å². The Balaban J connectivity index is 1.45. The number of aromatic nitrogens is 1. The van der Waals surface area contributed by atoms with Crippen molar-refractivity contribution in [3.05, 3.63) is 81.6 Å². The average Bonchev–Trinajstić information content (AvgIpc) is 3.13. The fourth-order valence-corrected chi connectivity index (χ4v) is 4.41. The third-order valence-corrected chi connectivity index (χ3v) is 6.21. The first-order chi connectivity index (χ1) is 13.5. The van der Waals surface area contributed by atoms with Gasteiger partial charge in [0.1, 0.15) is 0 Å². The van der Waals surface area contributed by atoms with Crippen LogP contribution < -0.4 is 4.90 Å². The molecule has 2 aromatic carbocycles. The minimum absolute atomic E-state index is 0.657. The molecule has 3 nitrogen and oxygen atoms in total. The third kappa shape index (κ3) is 3.93. The lowest BCUT2D eigenvalue weighted by Gasteiger charge is -2.37. The van der Waals surface area contributed by atoms with Gasteiger partial charge < -0.3 is 9.47 Å². The molecular formula is C23H25Cl2N3. The zero-order valence-electron chi connectivity index (χ0n) is 16.3. The van der Waals surface area contributed by atoms with Crippen LogP contribution in [0, 0.1) is 13.8 Å². The number of benzene rings is 2. The Morgan fingerprint density at radius 2 is 1.64 bits per heavy atom. The SMILES string of the molecule is Cc1cccc(N2CCN(Cc3cccn3-c3ccc(Cl)cc3Cl)CC2)c1C. The topological polar surface area (TPSA) is 11.4 Å². The van der Waals surface area contributed by atoms with Crippen LogP contribution in [0.3, 0.4) is 0 Å². The molecule has 0 radical (unpaired) electrons. The summed E-state index contributed by atoms with van der Waals surface area (Å²) in [5.41, 5.74) is 6.33. The largest absolute Gasteiger partial charge is 0.369 e. The number of hydrogen-bond acceptors (Lipinski definition) is 2. The molecule has 1 aliphatic heterocycles. The van der Waals surface area contributed by atoms with Crippen LogP contribution in [0.4, 0.5) is 5.69 Å². The van der Waals surface area contributed by atoms with E-state index in [-0.39, 0.29) is 0 Å². The lowest BCUT2D eigenvalue weighted by atomic mass is 10.1.